The maximum atomic E-state index is 12.2. The summed E-state index contributed by atoms with van der Waals surface area (Å²) in [6.07, 6.45) is 2.78. The molecule has 2 aliphatic rings. The summed E-state index contributed by atoms with van der Waals surface area (Å²) in [6, 6.07) is 7.83. The third-order valence-corrected chi connectivity index (χ3v) is 4.29. The van der Waals surface area contributed by atoms with E-state index in [1.165, 1.54) is 19.4 Å². The van der Waals surface area contributed by atoms with E-state index < -0.39 is 0 Å². The van der Waals surface area contributed by atoms with Crippen molar-refractivity contribution in [2.45, 2.75) is 19.8 Å². The summed E-state index contributed by atoms with van der Waals surface area (Å²) in [6.45, 7) is 7.08. The van der Waals surface area contributed by atoms with Gasteiger partial charge in [-0.1, -0.05) is 12.1 Å². The van der Waals surface area contributed by atoms with Gasteiger partial charge in [-0.3, -0.25) is 9.69 Å². The van der Waals surface area contributed by atoms with Crippen molar-refractivity contribution >= 4 is 5.91 Å². The predicted molar refractivity (Wildman–Crippen MR) is 82.4 cm³/mol. The fourth-order valence-corrected chi connectivity index (χ4v) is 2.79. The van der Waals surface area contributed by atoms with Gasteiger partial charge in [-0.25, -0.2) is 0 Å². The first kappa shape index (κ1) is 14.4. The van der Waals surface area contributed by atoms with Gasteiger partial charge in [-0.05, 0) is 43.4 Å². The lowest BCUT2D eigenvalue weighted by Gasteiger charge is -2.34. The molecule has 0 spiro atoms. The predicted octanol–water partition coefficient (Wildman–Crippen LogP) is 1.93. The van der Waals surface area contributed by atoms with E-state index in [2.05, 4.69) is 4.90 Å². The topological polar surface area (TPSA) is 32.8 Å². The zero-order chi connectivity index (χ0) is 14.7. The normalized spacial score (nSPS) is 19.6. The van der Waals surface area contributed by atoms with E-state index in [-0.39, 0.29) is 12.5 Å². The highest BCUT2D eigenvalue weighted by molar-refractivity contribution is 5.77. The number of nitrogens with zero attached hydrogens (tertiary/aromatic N) is 2. The number of hydrogen-bond acceptors (Lipinski definition) is 3. The van der Waals surface area contributed by atoms with Crippen molar-refractivity contribution in [1.29, 1.82) is 0 Å². The molecule has 4 nitrogen and oxygen atoms in total. The summed E-state index contributed by atoms with van der Waals surface area (Å²) in [5.41, 5.74) is 1.15. The van der Waals surface area contributed by atoms with E-state index in [9.17, 15) is 4.79 Å². The average Bonchev–Trinajstić information content (AvgIpc) is 3.30. The Hall–Kier alpha value is -1.55. The van der Waals surface area contributed by atoms with E-state index in [4.69, 9.17) is 4.74 Å². The van der Waals surface area contributed by atoms with Crippen LogP contribution in [0, 0.1) is 12.8 Å². The van der Waals surface area contributed by atoms with E-state index in [1.807, 2.05) is 36.1 Å². The van der Waals surface area contributed by atoms with Crippen molar-refractivity contribution in [3.8, 4) is 5.75 Å². The van der Waals surface area contributed by atoms with Crippen LogP contribution < -0.4 is 4.74 Å². The average molecular weight is 288 g/mol. The Bertz CT molecular complexity index is 491. The smallest absolute Gasteiger partial charge is 0.260 e. The molecule has 0 bridgehead atoms. The summed E-state index contributed by atoms with van der Waals surface area (Å²) < 4.78 is 5.60. The van der Waals surface area contributed by atoms with E-state index in [0.717, 1.165) is 43.4 Å². The molecule has 1 amide bonds. The lowest BCUT2D eigenvalue weighted by atomic mass is 10.2. The molecular weight excluding hydrogens is 264 g/mol. The van der Waals surface area contributed by atoms with Gasteiger partial charge in [-0.2, -0.15) is 0 Å². The van der Waals surface area contributed by atoms with Gasteiger partial charge in [0, 0.05) is 32.7 Å². The van der Waals surface area contributed by atoms with Crippen LogP contribution in [0.2, 0.25) is 0 Å². The minimum atomic E-state index is 0.0996. The quantitative estimate of drug-likeness (QED) is 0.830. The zero-order valence-corrected chi connectivity index (χ0v) is 12.8. The third kappa shape index (κ3) is 4.21. The van der Waals surface area contributed by atoms with E-state index in [1.54, 1.807) is 0 Å². The summed E-state index contributed by atoms with van der Waals surface area (Å²) in [5.74, 6) is 1.80. The molecule has 0 aromatic heterocycles. The van der Waals surface area contributed by atoms with Crippen LogP contribution in [0.5, 0.6) is 5.75 Å². The van der Waals surface area contributed by atoms with Gasteiger partial charge in [0.2, 0.25) is 0 Å². The van der Waals surface area contributed by atoms with Crippen LogP contribution in [0.15, 0.2) is 24.3 Å². The number of amides is 1. The molecule has 1 heterocycles. The van der Waals surface area contributed by atoms with Crippen LogP contribution in [-0.4, -0.2) is 55.0 Å². The zero-order valence-electron chi connectivity index (χ0n) is 12.8. The number of ether oxygens (including phenoxy) is 1. The largest absolute Gasteiger partial charge is 0.484 e. The lowest BCUT2D eigenvalue weighted by Crippen LogP contribution is -2.50. The third-order valence-electron chi connectivity index (χ3n) is 4.29. The maximum absolute atomic E-state index is 12.2. The molecule has 1 saturated carbocycles. The fourth-order valence-electron chi connectivity index (χ4n) is 2.79. The molecule has 0 unspecified atom stereocenters. The number of carbonyl (C=O) groups excluding carboxylic acids is 1. The van der Waals surface area contributed by atoms with E-state index in [0.29, 0.717) is 0 Å². The second kappa shape index (κ2) is 6.48. The Morgan fingerprint density at radius 1 is 1.24 bits per heavy atom. The standard InChI is InChI=1S/C17H24N2O2/c1-14-3-2-4-16(11-14)21-13-17(20)19-9-7-18(8-10-19)12-15-5-6-15/h2-4,11,15H,5-10,12-13H2,1H3. The van der Waals surface area contributed by atoms with Crippen molar-refractivity contribution in [2.75, 3.05) is 39.3 Å². The Kier molecular flexibility index (Phi) is 4.44. The Labute approximate surface area is 126 Å². The molecule has 1 aromatic carbocycles. The van der Waals surface area contributed by atoms with Gasteiger partial charge in [0.15, 0.2) is 6.61 Å². The number of benzene rings is 1. The van der Waals surface area contributed by atoms with Gasteiger partial charge >= 0.3 is 0 Å². The highest BCUT2D eigenvalue weighted by Gasteiger charge is 2.27. The molecule has 1 aromatic rings. The molecule has 3 rings (SSSR count). The second-order valence-electron chi connectivity index (χ2n) is 6.23. The fraction of sp³-hybridized carbons (Fsp3) is 0.588. The molecule has 1 aliphatic carbocycles. The molecule has 1 saturated heterocycles. The highest BCUT2D eigenvalue weighted by Crippen LogP contribution is 2.29. The van der Waals surface area contributed by atoms with Gasteiger partial charge in [-0.15, -0.1) is 0 Å². The molecule has 0 N–H and O–H groups in total. The lowest BCUT2D eigenvalue weighted by molar-refractivity contribution is -0.135. The van der Waals surface area contributed by atoms with E-state index >= 15 is 0 Å². The van der Waals surface area contributed by atoms with Crippen molar-refractivity contribution in [2.24, 2.45) is 5.92 Å². The van der Waals surface area contributed by atoms with Crippen LogP contribution in [0.1, 0.15) is 18.4 Å². The van der Waals surface area contributed by atoms with Gasteiger partial charge in [0.25, 0.3) is 5.91 Å². The molecule has 2 fully saturated rings. The Balaban J connectivity index is 1.41. The monoisotopic (exact) mass is 288 g/mol. The molecule has 0 atom stereocenters. The summed E-state index contributed by atoms with van der Waals surface area (Å²) in [5, 5.41) is 0. The van der Waals surface area contributed by atoms with Crippen LogP contribution in [0.4, 0.5) is 0 Å². The number of carbonyl (C=O) groups is 1. The number of hydrogen-bond donors (Lipinski definition) is 0. The van der Waals surface area contributed by atoms with Crippen LogP contribution >= 0.6 is 0 Å². The molecule has 0 radical (unpaired) electrons. The van der Waals surface area contributed by atoms with Gasteiger partial charge in [0.1, 0.15) is 5.75 Å². The second-order valence-corrected chi connectivity index (χ2v) is 6.23. The van der Waals surface area contributed by atoms with Crippen molar-refractivity contribution < 1.29 is 9.53 Å². The first-order valence-corrected chi connectivity index (χ1v) is 7.90. The minimum absolute atomic E-state index is 0.0996. The summed E-state index contributed by atoms with van der Waals surface area (Å²) >= 11 is 0. The van der Waals surface area contributed by atoms with Crippen molar-refractivity contribution in [3.05, 3.63) is 29.8 Å². The molecular formula is C17H24N2O2. The number of piperazine rings is 1. The number of rotatable bonds is 5. The van der Waals surface area contributed by atoms with Crippen LogP contribution in [0.25, 0.3) is 0 Å². The van der Waals surface area contributed by atoms with Gasteiger partial charge < -0.3 is 9.64 Å². The molecule has 1 aliphatic heterocycles. The van der Waals surface area contributed by atoms with Crippen LogP contribution in [-0.2, 0) is 4.79 Å². The van der Waals surface area contributed by atoms with Crippen molar-refractivity contribution in [1.82, 2.24) is 9.80 Å². The number of aryl methyl sites for hydroxylation is 1. The van der Waals surface area contributed by atoms with Crippen molar-refractivity contribution in [3.63, 3.8) is 0 Å². The Morgan fingerprint density at radius 3 is 2.67 bits per heavy atom. The maximum Gasteiger partial charge on any atom is 0.260 e. The minimum Gasteiger partial charge on any atom is -0.484 e. The molecule has 114 valence electrons. The Morgan fingerprint density at radius 2 is 2.00 bits per heavy atom. The van der Waals surface area contributed by atoms with Gasteiger partial charge in [0.05, 0.1) is 0 Å². The summed E-state index contributed by atoms with van der Waals surface area (Å²) in [7, 11) is 0. The van der Waals surface area contributed by atoms with Crippen LogP contribution in [0.3, 0.4) is 0 Å². The highest BCUT2D eigenvalue weighted by atomic mass is 16.5. The SMILES string of the molecule is Cc1cccc(OCC(=O)N2CCN(CC3CC3)CC2)c1. The molecule has 21 heavy (non-hydrogen) atoms. The summed E-state index contributed by atoms with van der Waals surface area (Å²) in [4.78, 5) is 16.6. The first-order chi connectivity index (χ1) is 10.2. The first-order valence-electron chi connectivity index (χ1n) is 7.90. The molecule has 4 heteroatoms.